The predicted molar refractivity (Wildman–Crippen MR) is 545 cm³/mol. The minimum atomic E-state index is 0.0353. The van der Waals surface area contributed by atoms with Crippen LogP contribution in [-0.4, -0.2) is 0 Å². The Labute approximate surface area is 735 Å². The Morgan fingerprint density at radius 1 is 0.135 bits per heavy atom. The number of anilines is 12. The maximum atomic E-state index is 2.50. The number of para-hydroxylation sites is 4. The number of fused-ring (bicyclic) bond motifs is 24. The summed E-state index contributed by atoms with van der Waals surface area (Å²) in [6.07, 6.45) is 0. The van der Waals surface area contributed by atoms with Gasteiger partial charge in [0, 0.05) is 68.2 Å². The zero-order chi connectivity index (χ0) is 84.8. The van der Waals surface area contributed by atoms with Crippen LogP contribution in [0, 0.1) is 27.7 Å². The third-order valence-corrected chi connectivity index (χ3v) is 26.0. The van der Waals surface area contributed by atoms with Crippen molar-refractivity contribution in [2.75, 3.05) is 19.6 Å². The number of nitrogens with zero attached hydrogens (tertiary/aromatic N) is 4. The van der Waals surface area contributed by atoms with Gasteiger partial charge in [0.05, 0.1) is 0 Å². The molecule has 0 bridgehead atoms. The SMILES string of the molecule is CC(C)(C)c1ccc2c(c1)c1ccccc1c1cc3c4cc(N(c5ccccc5)c5ccccc5)ccc4c4ccc(N(c5ccccc5)c5ccccc5)cc4c3cc21.Cc1ccc(N(c2ccc(C)cc2)c2ccc(-c3ccc4c(c3)c3ccccc3c3cc5c6ccc(N(c7ccc(C)cc7)c7ccc(C)cc7)cc6c6ccccc6c5cc43)cc2)cc1. The number of rotatable bonds is 13. The second kappa shape index (κ2) is 31.4. The van der Waals surface area contributed by atoms with E-state index in [9.17, 15) is 0 Å². The lowest BCUT2D eigenvalue weighted by Gasteiger charge is -2.27. The van der Waals surface area contributed by atoms with Gasteiger partial charge in [-0.05, 0) is 361 Å². The van der Waals surface area contributed by atoms with Gasteiger partial charge >= 0.3 is 0 Å². The second-order valence-electron chi connectivity index (χ2n) is 35.1. The highest BCUT2D eigenvalue weighted by Crippen LogP contribution is 2.51. The maximum Gasteiger partial charge on any atom is 0.0468 e. The van der Waals surface area contributed by atoms with Crippen molar-refractivity contribution in [3.8, 4) is 11.1 Å². The highest BCUT2D eigenvalue weighted by Gasteiger charge is 2.25. The molecule has 0 amide bonds. The first kappa shape index (κ1) is 76.5. The Hall–Kier alpha value is -15.6. The molecule has 0 aromatic heterocycles. The normalized spacial score (nSPS) is 11.8. The minimum Gasteiger partial charge on any atom is -0.311 e. The zero-order valence-corrected chi connectivity index (χ0v) is 71.8. The molecule has 0 aliphatic rings. The topological polar surface area (TPSA) is 13.0 Å². The Kier molecular flexibility index (Phi) is 19.0. The third-order valence-electron chi connectivity index (χ3n) is 26.0. The summed E-state index contributed by atoms with van der Waals surface area (Å²) in [6, 6.07) is 159. The summed E-state index contributed by atoms with van der Waals surface area (Å²) < 4.78 is 0. The number of hydrogen-bond donors (Lipinski definition) is 0. The van der Waals surface area contributed by atoms with Crippen molar-refractivity contribution in [1.29, 1.82) is 0 Å². The smallest absolute Gasteiger partial charge is 0.0468 e. The molecule has 0 aliphatic carbocycles. The number of hydrogen-bond acceptors (Lipinski definition) is 4. The summed E-state index contributed by atoms with van der Waals surface area (Å²) in [7, 11) is 0. The largest absolute Gasteiger partial charge is 0.311 e. The highest BCUT2D eigenvalue weighted by atomic mass is 15.2. The molecule has 0 unspecified atom stereocenters. The molecule has 0 aliphatic heterocycles. The van der Waals surface area contributed by atoms with Gasteiger partial charge in [0.25, 0.3) is 0 Å². The first-order valence-corrected chi connectivity index (χ1v) is 43.9. The van der Waals surface area contributed by atoms with Crippen molar-refractivity contribution in [2.24, 2.45) is 0 Å². The van der Waals surface area contributed by atoms with Gasteiger partial charge in [0.2, 0.25) is 0 Å². The minimum absolute atomic E-state index is 0.0353. The maximum absolute atomic E-state index is 2.50. The van der Waals surface area contributed by atoms with E-state index in [2.05, 4.69) is 499 Å². The van der Waals surface area contributed by atoms with E-state index in [0.717, 1.165) is 68.2 Å². The van der Waals surface area contributed by atoms with Gasteiger partial charge in [-0.3, -0.25) is 0 Å². The summed E-state index contributed by atoms with van der Waals surface area (Å²) in [4.78, 5) is 9.46. The average Bonchev–Trinajstić information content (AvgIpc) is 0.714. The van der Waals surface area contributed by atoms with Gasteiger partial charge in [0.1, 0.15) is 0 Å². The molecule has 0 spiro atoms. The molecule has 23 aromatic carbocycles. The summed E-state index contributed by atoms with van der Waals surface area (Å²) in [5, 5.41) is 30.3. The van der Waals surface area contributed by atoms with Crippen LogP contribution in [0.25, 0.3) is 140 Å². The Morgan fingerprint density at radius 2 is 0.317 bits per heavy atom. The van der Waals surface area contributed by atoms with Gasteiger partial charge in [-0.1, -0.05) is 292 Å². The Bertz CT molecular complexity index is 8000. The average molecular weight is 1610 g/mol. The van der Waals surface area contributed by atoms with Gasteiger partial charge in [0.15, 0.2) is 0 Å². The number of aryl methyl sites for hydroxylation is 4. The molecule has 4 nitrogen and oxygen atoms in total. The van der Waals surface area contributed by atoms with E-state index in [1.807, 2.05) is 0 Å². The van der Waals surface area contributed by atoms with Crippen LogP contribution in [0.15, 0.2) is 431 Å². The van der Waals surface area contributed by atoms with E-state index in [0.29, 0.717) is 0 Å². The molecule has 600 valence electrons. The van der Waals surface area contributed by atoms with Crippen molar-refractivity contribution >= 4 is 198 Å². The standard InChI is InChI=1S/C64H48N2.C58H44N2/c1-41-13-24-47(25-14-41)65(48-26-15-42(2)16-27-48)51-32-21-45(22-33-51)46-23-35-57-59(37-46)53-9-5-7-11-55(53)61-40-64-58-36-34-52(38-60(58)54-10-6-8-12-56(54)62(64)39-63(57)61)66(49-28-17-43(3)18-29-49)50-30-19-44(4)20-31-50;1-58(2,3)39-28-31-50-51(34-39)46-26-16-17-27-47(46)54-37-56-52-35-44(59(40-18-8-4-9-19-40)41-20-10-5-11-21-41)29-32-48(52)49-33-30-45(36-53(49)57(56)38-55(50)54)60(42-22-12-6-13-23-42)43-24-14-7-15-25-43/h5-40H,1-4H3;4-38H,1-3H3. The molecule has 126 heavy (non-hydrogen) atoms. The molecule has 0 atom stereocenters. The first-order valence-electron chi connectivity index (χ1n) is 43.9. The van der Waals surface area contributed by atoms with Gasteiger partial charge in [-0.2, -0.15) is 0 Å². The Morgan fingerprint density at radius 3 is 0.611 bits per heavy atom. The summed E-state index contributed by atoms with van der Waals surface area (Å²) in [6.45, 7) is 15.5. The quantitative estimate of drug-likeness (QED) is 0.0842. The van der Waals surface area contributed by atoms with Crippen LogP contribution >= 0.6 is 0 Å². The summed E-state index contributed by atoms with van der Waals surface area (Å²) in [5.74, 6) is 0. The second-order valence-corrected chi connectivity index (χ2v) is 35.1. The fourth-order valence-electron chi connectivity index (χ4n) is 19.6. The third kappa shape index (κ3) is 13.7. The molecular weight excluding hydrogens is 1520 g/mol. The van der Waals surface area contributed by atoms with Crippen LogP contribution < -0.4 is 19.6 Å². The lowest BCUT2D eigenvalue weighted by Crippen LogP contribution is -2.10. The molecule has 0 radical (unpaired) electrons. The van der Waals surface area contributed by atoms with Gasteiger partial charge in [-0.15, -0.1) is 0 Å². The molecule has 4 heteroatoms. The van der Waals surface area contributed by atoms with Crippen LogP contribution in [-0.2, 0) is 5.41 Å². The molecule has 23 rings (SSSR count). The fraction of sp³-hybridized carbons (Fsp3) is 0.0656. The van der Waals surface area contributed by atoms with Crippen LogP contribution in [0.2, 0.25) is 0 Å². The van der Waals surface area contributed by atoms with E-state index >= 15 is 0 Å². The molecule has 0 fully saturated rings. The van der Waals surface area contributed by atoms with Crippen molar-refractivity contribution < 1.29 is 0 Å². The molecule has 0 heterocycles. The lowest BCUT2D eigenvalue weighted by atomic mass is 9.83. The molecular formula is C122H92N4. The molecule has 0 saturated heterocycles. The van der Waals surface area contributed by atoms with Crippen molar-refractivity contribution in [2.45, 2.75) is 53.9 Å². The molecule has 23 aromatic rings. The van der Waals surface area contributed by atoms with Crippen LogP contribution in [0.4, 0.5) is 68.2 Å². The summed E-state index contributed by atoms with van der Waals surface area (Å²) >= 11 is 0. The van der Waals surface area contributed by atoms with E-state index in [1.54, 1.807) is 0 Å². The lowest BCUT2D eigenvalue weighted by molar-refractivity contribution is 0.591. The zero-order valence-electron chi connectivity index (χ0n) is 71.8. The van der Waals surface area contributed by atoms with E-state index < -0.39 is 0 Å². The first-order chi connectivity index (χ1) is 61.7. The highest BCUT2D eigenvalue weighted by molar-refractivity contribution is 6.35. The van der Waals surface area contributed by atoms with E-state index in [4.69, 9.17) is 0 Å². The fourth-order valence-corrected chi connectivity index (χ4v) is 19.6. The van der Waals surface area contributed by atoms with Crippen molar-refractivity contribution in [3.05, 3.63) is 459 Å². The van der Waals surface area contributed by atoms with Gasteiger partial charge in [-0.25, -0.2) is 0 Å². The van der Waals surface area contributed by atoms with Crippen molar-refractivity contribution in [3.63, 3.8) is 0 Å². The molecule has 0 N–H and O–H groups in total. The van der Waals surface area contributed by atoms with Crippen LogP contribution in [0.5, 0.6) is 0 Å². The van der Waals surface area contributed by atoms with Crippen LogP contribution in [0.3, 0.4) is 0 Å². The van der Waals surface area contributed by atoms with Crippen LogP contribution in [0.1, 0.15) is 48.6 Å². The summed E-state index contributed by atoms with van der Waals surface area (Å²) in [5.41, 5.74) is 22.3. The number of benzene rings is 23. The van der Waals surface area contributed by atoms with E-state index in [-0.39, 0.29) is 5.41 Å². The van der Waals surface area contributed by atoms with Gasteiger partial charge < -0.3 is 19.6 Å². The predicted octanol–water partition coefficient (Wildman–Crippen LogP) is 35.3. The Balaban J connectivity index is 0.000000150. The van der Waals surface area contributed by atoms with Crippen molar-refractivity contribution in [1.82, 2.24) is 0 Å². The monoisotopic (exact) mass is 1610 g/mol. The molecule has 0 saturated carbocycles. The van der Waals surface area contributed by atoms with E-state index in [1.165, 1.54) is 168 Å².